The number of nitrogens with one attached hydrogen (secondary N) is 1. The lowest BCUT2D eigenvalue weighted by Crippen LogP contribution is -2.51. The third-order valence-electron chi connectivity index (χ3n) is 1.56. The lowest BCUT2D eigenvalue weighted by Gasteiger charge is -2.27. The number of carboxylic acid groups (broad SMARTS) is 1. The predicted molar refractivity (Wildman–Crippen MR) is 35.2 cm³/mol. The average molecular weight is 181 g/mol. The number of carbonyl (C=O) groups is 1. The Morgan fingerprint density at radius 3 is 2.58 bits per heavy atom. The maximum absolute atomic E-state index is 12.4. The second kappa shape index (κ2) is 3.32. The minimum absolute atomic E-state index is 0.129. The zero-order valence-electron chi connectivity index (χ0n) is 6.22. The summed E-state index contributed by atoms with van der Waals surface area (Å²) < 4.78 is 29.4. The van der Waals surface area contributed by atoms with Crippen LogP contribution in [0.25, 0.3) is 0 Å². The highest BCUT2D eigenvalue weighted by atomic mass is 19.3. The van der Waals surface area contributed by atoms with E-state index in [0.29, 0.717) is 13.2 Å². The van der Waals surface area contributed by atoms with E-state index in [1.54, 1.807) is 0 Å². The molecule has 1 heterocycles. The van der Waals surface area contributed by atoms with Gasteiger partial charge in [0.05, 0.1) is 25.8 Å². The molecule has 1 saturated heterocycles. The Hall–Kier alpha value is -0.750. The highest BCUT2D eigenvalue weighted by Crippen LogP contribution is 2.12. The van der Waals surface area contributed by atoms with E-state index >= 15 is 0 Å². The molecule has 0 aliphatic carbocycles. The molecule has 1 rings (SSSR count). The second-order valence-corrected chi connectivity index (χ2v) is 2.62. The van der Waals surface area contributed by atoms with Crippen molar-refractivity contribution in [2.24, 2.45) is 0 Å². The van der Waals surface area contributed by atoms with Gasteiger partial charge in [-0.3, -0.25) is 0 Å². The van der Waals surface area contributed by atoms with E-state index in [0.717, 1.165) is 0 Å². The Kier molecular flexibility index (Phi) is 2.58. The molecule has 12 heavy (non-hydrogen) atoms. The summed E-state index contributed by atoms with van der Waals surface area (Å²) in [5, 5.41) is 10.4. The molecule has 1 aliphatic heterocycles. The van der Waals surface area contributed by atoms with Crippen LogP contribution in [0.3, 0.4) is 0 Å². The first-order chi connectivity index (χ1) is 5.52. The van der Waals surface area contributed by atoms with Crippen LogP contribution in [0, 0.1) is 0 Å². The van der Waals surface area contributed by atoms with Gasteiger partial charge in [-0.15, -0.1) is 0 Å². The highest BCUT2D eigenvalue weighted by Gasteiger charge is 2.39. The van der Waals surface area contributed by atoms with E-state index in [-0.39, 0.29) is 6.04 Å². The van der Waals surface area contributed by atoms with Crippen molar-refractivity contribution in [1.82, 2.24) is 5.32 Å². The largest absolute Gasteiger partial charge is 0.477 e. The first kappa shape index (κ1) is 9.34. The van der Waals surface area contributed by atoms with Crippen molar-refractivity contribution in [3.8, 4) is 0 Å². The smallest absolute Gasteiger partial charge is 0.375 e. The van der Waals surface area contributed by atoms with Gasteiger partial charge in [-0.1, -0.05) is 0 Å². The van der Waals surface area contributed by atoms with Gasteiger partial charge in [0.15, 0.2) is 0 Å². The van der Waals surface area contributed by atoms with Gasteiger partial charge in [-0.05, 0) is 0 Å². The molecule has 0 saturated carbocycles. The molecule has 0 atom stereocenters. The zero-order valence-corrected chi connectivity index (χ0v) is 6.22. The molecule has 4 nitrogen and oxygen atoms in total. The topological polar surface area (TPSA) is 58.6 Å². The van der Waals surface area contributed by atoms with Gasteiger partial charge in [-0.25, -0.2) is 4.79 Å². The van der Waals surface area contributed by atoms with Crippen LogP contribution >= 0.6 is 0 Å². The summed E-state index contributed by atoms with van der Waals surface area (Å²) in [6.07, 6.45) is 0. The average Bonchev–Trinajstić information content (AvgIpc) is 1.83. The minimum Gasteiger partial charge on any atom is -0.477 e. The zero-order chi connectivity index (χ0) is 9.19. The van der Waals surface area contributed by atoms with E-state index in [9.17, 15) is 13.6 Å². The molecule has 0 spiro atoms. The Balaban J connectivity index is 2.24. The maximum Gasteiger partial charge on any atom is 0.375 e. The van der Waals surface area contributed by atoms with Gasteiger partial charge in [0.1, 0.15) is 0 Å². The monoisotopic (exact) mass is 181 g/mol. The van der Waals surface area contributed by atoms with Crippen LogP contribution < -0.4 is 5.32 Å². The van der Waals surface area contributed by atoms with Crippen LogP contribution in [0.1, 0.15) is 0 Å². The van der Waals surface area contributed by atoms with Crippen molar-refractivity contribution in [3.63, 3.8) is 0 Å². The molecule has 6 heteroatoms. The van der Waals surface area contributed by atoms with Crippen LogP contribution in [-0.2, 0) is 9.53 Å². The molecule has 0 amide bonds. The first-order valence-electron chi connectivity index (χ1n) is 3.45. The Morgan fingerprint density at radius 2 is 2.25 bits per heavy atom. The molecule has 0 aromatic rings. The van der Waals surface area contributed by atoms with E-state index in [2.05, 4.69) is 5.32 Å². The van der Waals surface area contributed by atoms with Crippen molar-refractivity contribution < 1.29 is 23.4 Å². The molecule has 0 unspecified atom stereocenters. The summed E-state index contributed by atoms with van der Waals surface area (Å²) >= 11 is 0. The normalized spacial score (nSPS) is 18.8. The molecule has 0 aromatic carbocycles. The standard InChI is InChI=1S/C6H9F2NO3/c7-6(8,5(10)11)3-9-4-1-12-2-4/h4,9H,1-3H2,(H,10,11). The summed E-state index contributed by atoms with van der Waals surface area (Å²) in [6, 6.07) is -0.129. The first-order valence-corrected chi connectivity index (χ1v) is 3.45. The molecule has 0 radical (unpaired) electrons. The predicted octanol–water partition coefficient (Wildman–Crippen LogP) is -0.305. The third-order valence-corrected chi connectivity index (χ3v) is 1.56. The van der Waals surface area contributed by atoms with Gasteiger partial charge in [-0.2, -0.15) is 8.78 Å². The molecular weight excluding hydrogens is 172 g/mol. The molecule has 0 aromatic heterocycles. The van der Waals surface area contributed by atoms with E-state index in [1.165, 1.54) is 0 Å². The van der Waals surface area contributed by atoms with Gasteiger partial charge >= 0.3 is 11.9 Å². The van der Waals surface area contributed by atoms with E-state index in [4.69, 9.17) is 9.84 Å². The SMILES string of the molecule is O=C(O)C(F)(F)CNC1COC1. The minimum atomic E-state index is -3.68. The lowest BCUT2D eigenvalue weighted by atomic mass is 10.2. The van der Waals surface area contributed by atoms with Crippen LogP contribution in [0.5, 0.6) is 0 Å². The third kappa shape index (κ3) is 2.12. The Labute approximate surface area is 67.5 Å². The summed E-state index contributed by atoms with van der Waals surface area (Å²) in [6.45, 7) is -0.0955. The number of hydrogen-bond donors (Lipinski definition) is 2. The van der Waals surface area contributed by atoms with Crippen molar-refractivity contribution >= 4 is 5.97 Å². The van der Waals surface area contributed by atoms with Crippen LogP contribution in [0.4, 0.5) is 8.78 Å². The lowest BCUT2D eigenvalue weighted by molar-refractivity contribution is -0.164. The summed E-state index contributed by atoms with van der Waals surface area (Å²) in [4.78, 5) is 9.92. The number of carboxylic acids is 1. The second-order valence-electron chi connectivity index (χ2n) is 2.62. The molecule has 2 N–H and O–H groups in total. The van der Waals surface area contributed by atoms with Crippen LogP contribution in [0.15, 0.2) is 0 Å². The summed E-state index contributed by atoms with van der Waals surface area (Å²) in [5.74, 6) is -5.79. The number of rotatable bonds is 4. The quantitative estimate of drug-likeness (QED) is 0.624. The number of hydrogen-bond acceptors (Lipinski definition) is 3. The fraction of sp³-hybridized carbons (Fsp3) is 0.833. The fourth-order valence-corrected chi connectivity index (χ4v) is 0.702. The van der Waals surface area contributed by atoms with Crippen LogP contribution in [0.2, 0.25) is 0 Å². The fourth-order valence-electron chi connectivity index (χ4n) is 0.702. The van der Waals surface area contributed by atoms with Crippen molar-refractivity contribution in [3.05, 3.63) is 0 Å². The van der Waals surface area contributed by atoms with Crippen molar-refractivity contribution in [2.75, 3.05) is 19.8 Å². The molecule has 0 bridgehead atoms. The van der Waals surface area contributed by atoms with Gasteiger partial charge < -0.3 is 15.2 Å². The summed E-state index contributed by atoms with van der Waals surface area (Å²) in [7, 11) is 0. The number of aliphatic carboxylic acids is 1. The molecule has 1 fully saturated rings. The van der Waals surface area contributed by atoms with Crippen LogP contribution in [-0.4, -0.2) is 42.8 Å². The van der Waals surface area contributed by atoms with E-state index in [1.807, 2.05) is 0 Å². The Bertz CT molecular complexity index is 182. The van der Waals surface area contributed by atoms with Gasteiger partial charge in [0.2, 0.25) is 0 Å². The number of halogens is 2. The highest BCUT2D eigenvalue weighted by molar-refractivity contribution is 5.75. The number of alkyl halides is 2. The molecular formula is C6H9F2NO3. The van der Waals surface area contributed by atoms with Gasteiger partial charge in [0, 0.05) is 0 Å². The van der Waals surface area contributed by atoms with Gasteiger partial charge in [0.25, 0.3) is 0 Å². The molecule has 1 aliphatic rings. The Morgan fingerprint density at radius 1 is 1.67 bits per heavy atom. The van der Waals surface area contributed by atoms with E-state index < -0.39 is 18.4 Å². The maximum atomic E-state index is 12.4. The molecule has 70 valence electrons. The van der Waals surface area contributed by atoms with Crippen molar-refractivity contribution in [1.29, 1.82) is 0 Å². The number of ether oxygens (including phenoxy) is 1. The van der Waals surface area contributed by atoms with Crippen molar-refractivity contribution in [2.45, 2.75) is 12.0 Å². The summed E-state index contributed by atoms with van der Waals surface area (Å²) in [5.41, 5.74) is 0.